The second kappa shape index (κ2) is 6.78. The minimum absolute atomic E-state index is 0.0342. The van der Waals surface area contributed by atoms with Gasteiger partial charge in [-0.05, 0) is 16.0 Å². The molecule has 0 saturated carbocycles. The largest absolute Gasteiger partial charge is 0.408 e. The average Bonchev–Trinajstić information content (AvgIpc) is 3.14. The third-order valence-corrected chi connectivity index (χ3v) is 3.64. The van der Waals surface area contributed by atoms with Gasteiger partial charge in [0, 0.05) is 18.7 Å². The zero-order valence-electron chi connectivity index (χ0n) is 13.9. The van der Waals surface area contributed by atoms with E-state index in [9.17, 15) is 18.9 Å². The summed E-state index contributed by atoms with van der Waals surface area (Å²) in [4.78, 5) is 17.9. The van der Waals surface area contributed by atoms with Gasteiger partial charge in [-0.1, -0.05) is 11.3 Å². The maximum absolute atomic E-state index is 13.8. The van der Waals surface area contributed by atoms with Crippen molar-refractivity contribution >= 4 is 23.3 Å². The monoisotopic (exact) mass is 377 g/mol. The first-order valence-corrected chi connectivity index (χ1v) is 7.41. The number of aromatic nitrogens is 5. The van der Waals surface area contributed by atoms with Gasteiger partial charge in [0.15, 0.2) is 17.3 Å². The minimum atomic E-state index is -0.765. The van der Waals surface area contributed by atoms with Gasteiger partial charge in [0.25, 0.3) is 0 Å². The molecule has 3 rings (SSSR count). The molecule has 0 fully saturated rings. The van der Waals surface area contributed by atoms with Gasteiger partial charge in [0.1, 0.15) is 11.6 Å². The highest BCUT2D eigenvalue weighted by molar-refractivity contribution is 6.01. The molecule has 2 heterocycles. The van der Waals surface area contributed by atoms with E-state index in [1.165, 1.54) is 24.0 Å². The van der Waals surface area contributed by atoms with Crippen LogP contribution in [0.3, 0.4) is 0 Å². The topological polar surface area (TPSA) is 156 Å². The van der Waals surface area contributed by atoms with Crippen LogP contribution in [0.4, 0.5) is 26.2 Å². The van der Waals surface area contributed by atoms with E-state index < -0.39 is 22.4 Å². The lowest BCUT2D eigenvalue weighted by molar-refractivity contribution is -0.388. The van der Waals surface area contributed by atoms with Gasteiger partial charge in [-0.3, -0.25) is 4.57 Å². The van der Waals surface area contributed by atoms with Gasteiger partial charge < -0.3 is 21.6 Å². The summed E-state index contributed by atoms with van der Waals surface area (Å²) in [5.41, 5.74) is 11.9. The molecule has 3 aromatic rings. The van der Waals surface area contributed by atoms with Crippen LogP contribution in [0.25, 0.3) is 0 Å². The van der Waals surface area contributed by atoms with E-state index >= 15 is 0 Å². The first-order valence-electron chi connectivity index (χ1n) is 7.41. The smallest absolute Gasteiger partial charge is 0.382 e. The third-order valence-electron chi connectivity index (χ3n) is 3.64. The van der Waals surface area contributed by atoms with Crippen molar-refractivity contribution < 1.29 is 13.7 Å². The molecule has 0 spiro atoms. The molecule has 0 aliphatic rings. The Morgan fingerprint density at radius 3 is 2.81 bits per heavy atom. The zero-order chi connectivity index (χ0) is 19.7. The molecule has 4 N–H and O–H groups in total. The molecule has 2 aromatic heterocycles. The maximum Gasteiger partial charge on any atom is 0.408 e. The van der Waals surface area contributed by atoms with Crippen LogP contribution in [0.15, 0.2) is 29.5 Å². The molecule has 1 aromatic carbocycles. The lowest BCUT2D eigenvalue weighted by Gasteiger charge is -2.05. The van der Waals surface area contributed by atoms with E-state index in [4.69, 9.17) is 11.5 Å². The highest BCUT2D eigenvalue weighted by Crippen LogP contribution is 2.25. The van der Waals surface area contributed by atoms with E-state index in [1.54, 1.807) is 0 Å². The molecule has 27 heavy (non-hydrogen) atoms. The Bertz CT molecular complexity index is 1060. The lowest BCUT2D eigenvalue weighted by Crippen LogP contribution is -2.17. The van der Waals surface area contributed by atoms with Gasteiger partial charge in [0.2, 0.25) is 12.1 Å². The predicted octanol–water partition coefficient (Wildman–Crippen LogP) is 0.865. The van der Waals surface area contributed by atoms with Gasteiger partial charge in [0.05, 0.1) is 6.54 Å². The summed E-state index contributed by atoms with van der Waals surface area (Å²) in [5, 5.41) is 18.5. The second-order valence-corrected chi connectivity index (χ2v) is 5.47. The summed E-state index contributed by atoms with van der Waals surface area (Å²) in [6.07, 6.45) is 1.21. The Labute approximate surface area is 150 Å². The highest BCUT2D eigenvalue weighted by atomic mass is 19.1. The Kier molecular flexibility index (Phi) is 4.50. The quantitative estimate of drug-likeness (QED) is 0.289. The molecular formula is C14H13F2N9O2. The van der Waals surface area contributed by atoms with Gasteiger partial charge in [-0.25, -0.2) is 18.5 Å². The number of hydrogen-bond donors (Lipinski definition) is 2. The Hall–Kier alpha value is -3.90. The molecule has 11 nitrogen and oxygen atoms in total. The first kappa shape index (κ1) is 17.9. The van der Waals surface area contributed by atoms with Crippen molar-refractivity contribution in [2.75, 3.05) is 5.73 Å². The van der Waals surface area contributed by atoms with Crippen LogP contribution in [0.5, 0.6) is 0 Å². The molecule has 140 valence electrons. The van der Waals surface area contributed by atoms with Crippen molar-refractivity contribution in [2.24, 2.45) is 17.8 Å². The number of aryl methyl sites for hydroxylation is 1. The fourth-order valence-corrected chi connectivity index (χ4v) is 2.27. The summed E-state index contributed by atoms with van der Waals surface area (Å²) in [7, 11) is 1.50. The molecule has 0 unspecified atom stereocenters. The number of halogens is 2. The molecule has 0 bridgehead atoms. The van der Waals surface area contributed by atoms with Crippen LogP contribution < -0.4 is 11.5 Å². The van der Waals surface area contributed by atoms with Crippen molar-refractivity contribution in [1.29, 1.82) is 0 Å². The van der Waals surface area contributed by atoms with E-state index in [-0.39, 0.29) is 35.3 Å². The predicted molar refractivity (Wildman–Crippen MR) is 90.1 cm³/mol. The van der Waals surface area contributed by atoms with Crippen molar-refractivity contribution in [3.05, 3.63) is 57.5 Å². The summed E-state index contributed by atoms with van der Waals surface area (Å²) >= 11 is 0. The molecule has 0 saturated heterocycles. The number of nitrogens with zero attached hydrogens (tertiary/aromatic N) is 7. The van der Waals surface area contributed by atoms with Crippen LogP contribution >= 0.6 is 0 Å². The van der Waals surface area contributed by atoms with E-state index in [0.717, 1.165) is 16.8 Å². The van der Waals surface area contributed by atoms with Gasteiger partial charge >= 0.3 is 5.82 Å². The number of rotatable bonds is 5. The van der Waals surface area contributed by atoms with E-state index in [1.807, 2.05) is 0 Å². The molecule has 0 atom stereocenters. The number of nitro groups is 1. The van der Waals surface area contributed by atoms with Crippen LogP contribution in [-0.4, -0.2) is 35.3 Å². The average molecular weight is 377 g/mol. The number of aliphatic imine (C=N–C) groups is 1. The number of nitrogens with two attached hydrogens (primary N) is 2. The van der Waals surface area contributed by atoms with Gasteiger partial charge in [-0.15, -0.1) is 5.10 Å². The van der Waals surface area contributed by atoms with Crippen LogP contribution in [0.2, 0.25) is 0 Å². The Morgan fingerprint density at radius 2 is 2.15 bits per heavy atom. The van der Waals surface area contributed by atoms with Crippen LogP contribution in [0, 0.1) is 21.7 Å². The third kappa shape index (κ3) is 3.42. The Morgan fingerprint density at radius 1 is 1.41 bits per heavy atom. The molecular weight excluding hydrogens is 364 g/mol. The van der Waals surface area contributed by atoms with Crippen molar-refractivity contribution in [3.8, 4) is 0 Å². The molecule has 13 heteroatoms. The van der Waals surface area contributed by atoms with E-state index in [2.05, 4.69) is 20.3 Å². The second-order valence-electron chi connectivity index (χ2n) is 5.47. The fourth-order valence-electron chi connectivity index (χ4n) is 2.27. The summed E-state index contributed by atoms with van der Waals surface area (Å²) in [5.74, 6) is -2.33. The first-order chi connectivity index (χ1) is 12.8. The maximum atomic E-state index is 13.8. The summed E-state index contributed by atoms with van der Waals surface area (Å²) < 4.78 is 29.2. The normalized spacial score (nSPS) is 11.7. The Balaban J connectivity index is 1.93. The fraction of sp³-hybridized carbons (Fsp3) is 0.143. The van der Waals surface area contributed by atoms with Gasteiger partial charge in [-0.2, -0.15) is 0 Å². The molecule has 0 aliphatic heterocycles. The lowest BCUT2D eigenvalue weighted by atomic mass is 10.2. The van der Waals surface area contributed by atoms with Crippen molar-refractivity contribution in [2.45, 2.75) is 6.54 Å². The summed E-state index contributed by atoms with van der Waals surface area (Å²) in [6.45, 7) is -0.121. The van der Waals surface area contributed by atoms with Crippen molar-refractivity contribution in [1.82, 2.24) is 24.5 Å². The number of benzene rings is 1. The zero-order valence-corrected chi connectivity index (χ0v) is 13.9. The molecule has 0 amide bonds. The number of anilines is 1. The summed E-state index contributed by atoms with van der Waals surface area (Å²) in [6, 6.07) is 3.09. The van der Waals surface area contributed by atoms with Crippen molar-refractivity contribution in [3.63, 3.8) is 0 Å². The number of hydrogen-bond acceptors (Lipinski definition) is 7. The minimum Gasteiger partial charge on any atom is -0.382 e. The highest BCUT2D eigenvalue weighted by Gasteiger charge is 2.22. The van der Waals surface area contributed by atoms with E-state index in [0.29, 0.717) is 0 Å². The number of nitrogen functional groups attached to an aromatic ring is 1. The molecule has 0 radical (unpaired) electrons. The standard InChI is InChI=1S/C14H13F2N9O2/c1-23-6-19-13(25(26)27)14(23)20-11(17)10-12(18)24(22-21-10)5-7-2-3-8(15)4-9(7)16/h2-4,6H,5,18H2,1H3,(H2,17,20). The number of amidine groups is 1. The SMILES string of the molecule is Cn1cnc([N+](=O)[O-])c1N=C(N)c1nnn(Cc2ccc(F)cc2F)c1N. The molecule has 0 aliphatic carbocycles. The number of imidazole rings is 1. The van der Waals surface area contributed by atoms with Crippen LogP contribution in [0.1, 0.15) is 11.3 Å². The van der Waals surface area contributed by atoms with Crippen LogP contribution in [-0.2, 0) is 13.6 Å².